The molecule has 1 aromatic carbocycles. The molecule has 0 bridgehead atoms. The number of fused-ring (bicyclic) bond motifs is 2. The first-order chi connectivity index (χ1) is 17.5. The molecule has 2 N–H and O–H groups in total. The summed E-state index contributed by atoms with van der Waals surface area (Å²) in [5, 5.41) is 5.00. The molecule has 2 atom stereocenters. The maximum absolute atomic E-state index is 4.88. The molecule has 5 heteroatoms. The molecule has 5 rings (SSSR count). The van der Waals surface area contributed by atoms with E-state index in [9.17, 15) is 0 Å². The predicted octanol–water partition coefficient (Wildman–Crippen LogP) is 7.77. The summed E-state index contributed by atoms with van der Waals surface area (Å²) >= 11 is 0. The van der Waals surface area contributed by atoms with Gasteiger partial charge < -0.3 is 14.7 Å². The van der Waals surface area contributed by atoms with Crippen molar-refractivity contribution < 1.29 is 0 Å². The summed E-state index contributed by atoms with van der Waals surface area (Å²) < 4.78 is 2.30. The fourth-order valence-electron chi connectivity index (χ4n) is 5.03. The number of anilines is 1. The van der Waals surface area contributed by atoms with Crippen molar-refractivity contribution in [3.8, 4) is 11.1 Å². The summed E-state index contributed by atoms with van der Waals surface area (Å²) in [7, 11) is 0. The van der Waals surface area contributed by atoms with Crippen LogP contribution >= 0.6 is 0 Å². The molecule has 0 aliphatic carbocycles. The molecular weight excluding hydrogens is 442 g/mol. The van der Waals surface area contributed by atoms with Crippen LogP contribution in [0, 0.1) is 12.8 Å². The molecule has 0 radical (unpaired) electrons. The Labute approximate surface area is 214 Å². The van der Waals surface area contributed by atoms with Crippen molar-refractivity contribution in [2.75, 3.05) is 11.9 Å². The highest BCUT2D eigenvalue weighted by atomic mass is 15.0. The minimum atomic E-state index is 0.443. The van der Waals surface area contributed by atoms with Crippen LogP contribution < -0.4 is 5.32 Å². The quantitative estimate of drug-likeness (QED) is 0.215. The van der Waals surface area contributed by atoms with Gasteiger partial charge in [0.2, 0.25) is 0 Å². The van der Waals surface area contributed by atoms with Crippen LogP contribution in [0.3, 0.4) is 0 Å². The fourth-order valence-corrected chi connectivity index (χ4v) is 5.03. The summed E-state index contributed by atoms with van der Waals surface area (Å²) in [5.74, 6) is 1.20. The van der Waals surface area contributed by atoms with Crippen LogP contribution in [-0.2, 0) is 6.42 Å². The number of aromatic nitrogens is 4. The number of aryl methyl sites for hydroxylation is 1. The third-order valence-corrected chi connectivity index (χ3v) is 7.52. The second-order valence-corrected chi connectivity index (χ2v) is 10.3. The molecule has 0 spiro atoms. The molecule has 5 nitrogen and oxygen atoms in total. The molecular formula is C31H37N5. The molecule has 4 aromatic heterocycles. The van der Waals surface area contributed by atoms with Crippen molar-refractivity contribution >= 4 is 22.2 Å². The molecule has 0 saturated carbocycles. The number of rotatable bonds is 10. The van der Waals surface area contributed by atoms with Gasteiger partial charge in [-0.25, -0.2) is 4.98 Å². The van der Waals surface area contributed by atoms with Crippen LogP contribution in [-0.4, -0.2) is 25.9 Å². The molecule has 5 aromatic rings. The van der Waals surface area contributed by atoms with Crippen LogP contribution in [0.15, 0.2) is 67.4 Å². The van der Waals surface area contributed by atoms with Crippen LogP contribution in [0.2, 0.25) is 0 Å². The van der Waals surface area contributed by atoms with Crippen molar-refractivity contribution in [2.24, 2.45) is 5.92 Å². The molecule has 0 aliphatic heterocycles. The number of aromatic amines is 1. The second-order valence-electron chi connectivity index (χ2n) is 10.3. The zero-order valence-electron chi connectivity index (χ0n) is 21.9. The highest BCUT2D eigenvalue weighted by Gasteiger charge is 2.16. The summed E-state index contributed by atoms with van der Waals surface area (Å²) in [5.41, 5.74) is 9.29. The predicted molar refractivity (Wildman–Crippen MR) is 151 cm³/mol. The fraction of sp³-hybridized carbons (Fsp3) is 0.355. The van der Waals surface area contributed by atoms with Gasteiger partial charge in [0.25, 0.3) is 0 Å². The maximum Gasteiger partial charge on any atom is 0.160 e. The summed E-state index contributed by atoms with van der Waals surface area (Å²) in [6.07, 6.45) is 14.9. The topological polar surface area (TPSA) is 58.0 Å². The monoisotopic (exact) mass is 479 g/mol. The van der Waals surface area contributed by atoms with E-state index in [0.717, 1.165) is 46.9 Å². The summed E-state index contributed by atoms with van der Waals surface area (Å²) in [4.78, 5) is 12.7. The van der Waals surface area contributed by atoms with Crippen molar-refractivity contribution in [2.45, 2.75) is 59.3 Å². The zero-order chi connectivity index (χ0) is 25.1. The van der Waals surface area contributed by atoms with E-state index in [2.05, 4.69) is 102 Å². The average molecular weight is 480 g/mol. The van der Waals surface area contributed by atoms with Crippen LogP contribution in [0.4, 0.5) is 5.69 Å². The van der Waals surface area contributed by atoms with Gasteiger partial charge >= 0.3 is 0 Å². The number of nitrogens with one attached hydrogen (secondary N) is 2. The van der Waals surface area contributed by atoms with E-state index < -0.39 is 0 Å². The third kappa shape index (κ3) is 5.01. The van der Waals surface area contributed by atoms with Gasteiger partial charge in [0, 0.05) is 65.3 Å². The van der Waals surface area contributed by atoms with E-state index >= 15 is 0 Å². The highest BCUT2D eigenvalue weighted by Crippen LogP contribution is 2.31. The van der Waals surface area contributed by atoms with Crippen LogP contribution in [0.5, 0.6) is 0 Å². The van der Waals surface area contributed by atoms with E-state index in [1.807, 2.05) is 12.4 Å². The number of imidazole rings is 1. The van der Waals surface area contributed by atoms with Crippen LogP contribution in [0.1, 0.15) is 62.8 Å². The van der Waals surface area contributed by atoms with E-state index in [0.29, 0.717) is 5.92 Å². The molecule has 0 saturated heterocycles. The Hall–Kier alpha value is -3.60. The Kier molecular flexibility index (Phi) is 7.08. The SMILES string of the molecule is CCC(C)CCC(C)c1cnc2c(NCCc3c[nH]c4ccccc34)cc(-c3cncc(C)c3)cn12. The van der Waals surface area contributed by atoms with Gasteiger partial charge in [-0.05, 0) is 60.9 Å². The highest BCUT2D eigenvalue weighted by molar-refractivity contribution is 5.83. The maximum atomic E-state index is 4.88. The van der Waals surface area contributed by atoms with E-state index in [1.165, 1.54) is 41.4 Å². The van der Waals surface area contributed by atoms with E-state index in [-0.39, 0.29) is 0 Å². The first-order valence-electron chi connectivity index (χ1n) is 13.3. The standard InChI is InChI=1S/C31H37N5/c1-5-21(2)10-11-23(4)30-19-35-31-29(15-26(20-36(30)31)25-14-22(3)16-32-17-25)33-13-12-24-18-34-28-9-7-6-8-27(24)28/h6-9,14-21,23,33-34H,5,10-13H2,1-4H3. The molecule has 4 heterocycles. The Morgan fingerprint density at radius 1 is 1.03 bits per heavy atom. The number of H-pyrrole nitrogens is 1. The first-order valence-corrected chi connectivity index (χ1v) is 13.3. The number of para-hydroxylation sites is 1. The molecule has 0 amide bonds. The lowest BCUT2D eigenvalue weighted by atomic mass is 9.94. The van der Waals surface area contributed by atoms with Gasteiger partial charge in [0.15, 0.2) is 5.65 Å². The number of hydrogen-bond acceptors (Lipinski definition) is 3. The Morgan fingerprint density at radius 2 is 1.89 bits per heavy atom. The minimum absolute atomic E-state index is 0.443. The number of nitrogens with zero attached hydrogens (tertiary/aromatic N) is 3. The molecule has 0 fully saturated rings. The normalized spacial score (nSPS) is 13.3. The number of pyridine rings is 2. The molecule has 36 heavy (non-hydrogen) atoms. The lowest BCUT2D eigenvalue weighted by Crippen LogP contribution is -2.08. The minimum Gasteiger partial charge on any atom is -0.382 e. The smallest absolute Gasteiger partial charge is 0.160 e. The second kappa shape index (κ2) is 10.6. The van der Waals surface area contributed by atoms with Gasteiger partial charge in [-0.15, -0.1) is 0 Å². The number of benzene rings is 1. The van der Waals surface area contributed by atoms with Gasteiger partial charge in [0.05, 0.1) is 5.69 Å². The number of hydrogen-bond donors (Lipinski definition) is 2. The third-order valence-electron chi connectivity index (χ3n) is 7.52. The molecule has 2 unspecified atom stereocenters. The van der Waals surface area contributed by atoms with E-state index in [1.54, 1.807) is 0 Å². The van der Waals surface area contributed by atoms with Crippen molar-refractivity contribution in [3.63, 3.8) is 0 Å². The van der Waals surface area contributed by atoms with Gasteiger partial charge in [-0.2, -0.15) is 0 Å². The van der Waals surface area contributed by atoms with Gasteiger partial charge in [-0.1, -0.05) is 51.8 Å². The first kappa shape index (κ1) is 24.1. The van der Waals surface area contributed by atoms with Crippen molar-refractivity contribution in [1.82, 2.24) is 19.4 Å². The largest absolute Gasteiger partial charge is 0.382 e. The summed E-state index contributed by atoms with van der Waals surface area (Å²) in [6, 6.07) is 12.9. The Bertz CT molecular complexity index is 1460. The van der Waals surface area contributed by atoms with E-state index in [4.69, 9.17) is 4.98 Å². The van der Waals surface area contributed by atoms with Crippen molar-refractivity contribution in [3.05, 3.63) is 84.2 Å². The molecule has 186 valence electrons. The lowest BCUT2D eigenvalue weighted by Gasteiger charge is -2.16. The Balaban J connectivity index is 1.46. The van der Waals surface area contributed by atoms with Gasteiger partial charge in [0.1, 0.15) is 0 Å². The Morgan fingerprint density at radius 3 is 2.72 bits per heavy atom. The average Bonchev–Trinajstić information content (AvgIpc) is 3.51. The van der Waals surface area contributed by atoms with Gasteiger partial charge in [-0.3, -0.25) is 4.98 Å². The summed E-state index contributed by atoms with van der Waals surface area (Å²) in [6.45, 7) is 9.88. The lowest BCUT2D eigenvalue weighted by molar-refractivity contribution is 0.466. The molecule has 0 aliphatic rings. The van der Waals surface area contributed by atoms with Crippen LogP contribution in [0.25, 0.3) is 27.7 Å². The zero-order valence-corrected chi connectivity index (χ0v) is 21.9. The van der Waals surface area contributed by atoms with Crippen molar-refractivity contribution in [1.29, 1.82) is 0 Å².